The summed E-state index contributed by atoms with van der Waals surface area (Å²) in [7, 11) is 0. The zero-order valence-corrected chi connectivity index (χ0v) is 16.2. The molecule has 0 aromatic carbocycles. The van der Waals surface area contributed by atoms with E-state index >= 15 is 0 Å². The van der Waals surface area contributed by atoms with Crippen LogP contribution in [0.25, 0.3) is 0 Å². The fourth-order valence-electron chi connectivity index (χ4n) is 2.74. The van der Waals surface area contributed by atoms with Crippen molar-refractivity contribution in [2.45, 2.75) is 19.3 Å². The molecule has 7 heteroatoms. The van der Waals surface area contributed by atoms with Gasteiger partial charge in [-0.1, -0.05) is 18.2 Å². The van der Waals surface area contributed by atoms with Crippen LogP contribution in [0, 0.1) is 0 Å². The maximum atomic E-state index is 8.61. The molecule has 25 heavy (non-hydrogen) atoms. The van der Waals surface area contributed by atoms with Crippen LogP contribution in [0.5, 0.6) is 0 Å². The molecule has 0 amide bonds. The van der Waals surface area contributed by atoms with Crippen molar-refractivity contribution in [2.75, 3.05) is 0 Å². The minimum absolute atomic E-state index is 0.781. The smallest absolute Gasteiger partial charge is 0.0466 e. The van der Waals surface area contributed by atoms with Gasteiger partial charge in [-0.3, -0.25) is 15.0 Å². The van der Waals surface area contributed by atoms with E-state index in [9.17, 15) is 0 Å². The van der Waals surface area contributed by atoms with Gasteiger partial charge in [0.15, 0.2) is 0 Å². The van der Waals surface area contributed by atoms with Gasteiger partial charge in [-0.2, -0.15) is 0 Å². The molecule has 6 nitrogen and oxygen atoms in total. The van der Waals surface area contributed by atoms with E-state index < -0.39 is 17.2 Å². The second-order valence-corrected chi connectivity index (χ2v) is 7.06. The molecule has 6 bridgehead atoms. The van der Waals surface area contributed by atoms with Crippen LogP contribution in [0.1, 0.15) is 34.2 Å². The summed E-state index contributed by atoms with van der Waals surface area (Å²) in [5, 5.41) is 0. The molecular formula is C18H15N3O3W. The maximum Gasteiger partial charge on any atom is 0.0466 e. The van der Waals surface area contributed by atoms with Crippen molar-refractivity contribution >= 4 is 0 Å². The summed E-state index contributed by atoms with van der Waals surface area (Å²) in [6, 6.07) is 18.6. The first-order valence-corrected chi connectivity index (χ1v) is 11.3. The molecular weight excluding hydrogens is 490 g/mol. The zero-order valence-electron chi connectivity index (χ0n) is 13.3. The summed E-state index contributed by atoms with van der Waals surface area (Å²) in [5.41, 5.74) is 6.38. The van der Waals surface area contributed by atoms with Crippen LogP contribution in [0.2, 0.25) is 0 Å². The summed E-state index contributed by atoms with van der Waals surface area (Å²) in [5.74, 6) is 0. The van der Waals surface area contributed by atoms with Crippen molar-refractivity contribution in [3.63, 3.8) is 0 Å². The minimum Gasteiger partial charge on any atom is -0.257 e. The molecule has 0 N–H and O–H groups in total. The Labute approximate surface area is 150 Å². The molecule has 4 heterocycles. The predicted octanol–water partition coefficient (Wildman–Crippen LogP) is 2.60. The summed E-state index contributed by atoms with van der Waals surface area (Å²) in [6.45, 7) is 0. The predicted molar refractivity (Wildman–Crippen MR) is 83.2 cm³/mol. The molecule has 126 valence electrons. The Morgan fingerprint density at radius 3 is 0.920 bits per heavy atom. The Bertz CT molecular complexity index is 838. The SMILES string of the molecule is [O]=[W](=[O])=[O].c1cc2nc(c1)Cc1cccc(n1)Cc1cccc(n1)C2. The molecule has 0 atom stereocenters. The molecule has 0 saturated carbocycles. The Morgan fingerprint density at radius 1 is 0.520 bits per heavy atom. The third kappa shape index (κ3) is 5.26. The molecule has 0 unspecified atom stereocenters. The quantitative estimate of drug-likeness (QED) is 0.365. The Morgan fingerprint density at radius 2 is 0.720 bits per heavy atom. The van der Waals surface area contributed by atoms with Gasteiger partial charge in [0, 0.05) is 53.4 Å². The van der Waals surface area contributed by atoms with Crippen molar-refractivity contribution in [1.29, 1.82) is 0 Å². The van der Waals surface area contributed by atoms with Gasteiger partial charge in [0.05, 0.1) is 0 Å². The third-order valence-electron chi connectivity index (χ3n) is 3.68. The van der Waals surface area contributed by atoms with E-state index in [1.165, 1.54) is 0 Å². The molecule has 0 spiro atoms. The molecule has 1 aliphatic rings. The molecule has 4 rings (SSSR count). The molecule has 0 aliphatic carbocycles. The van der Waals surface area contributed by atoms with Crippen molar-refractivity contribution in [3.05, 3.63) is 88.8 Å². The summed E-state index contributed by atoms with van der Waals surface area (Å²) in [6.07, 6.45) is 2.34. The Hall–Kier alpha value is -2.46. The van der Waals surface area contributed by atoms with Gasteiger partial charge >= 0.3 is 27.4 Å². The molecule has 1 aliphatic heterocycles. The second kappa shape index (κ2) is 8.08. The van der Waals surface area contributed by atoms with Gasteiger partial charge in [-0.15, -0.1) is 0 Å². The van der Waals surface area contributed by atoms with Crippen LogP contribution in [0.3, 0.4) is 0 Å². The van der Waals surface area contributed by atoms with E-state index in [4.69, 9.17) is 25.1 Å². The van der Waals surface area contributed by atoms with Crippen LogP contribution in [-0.4, -0.2) is 15.0 Å². The number of fused-ring (bicyclic) bond motifs is 6. The number of hydrogen-bond donors (Lipinski definition) is 0. The summed E-state index contributed by atoms with van der Waals surface area (Å²) < 4.78 is 25.8. The standard InChI is InChI=1S/C18H15N3.3O.W/c1-4-13-10-15-6-2-8-17(20-15)12-18-9-3-7-16(21-18)11-14(5-1)19-13;;;;/h1-9H,10-12H2;;;;. The largest absolute Gasteiger partial charge is 0.257 e. The first kappa shape index (κ1) is 17.4. The number of rotatable bonds is 0. The van der Waals surface area contributed by atoms with Gasteiger partial charge in [0.2, 0.25) is 0 Å². The maximum absolute atomic E-state index is 8.61. The Kier molecular flexibility index (Phi) is 5.61. The van der Waals surface area contributed by atoms with Crippen molar-refractivity contribution in [3.8, 4) is 0 Å². The van der Waals surface area contributed by atoms with E-state index in [1.54, 1.807) is 0 Å². The number of aromatic nitrogens is 3. The molecule has 3 aromatic rings. The third-order valence-corrected chi connectivity index (χ3v) is 3.68. The van der Waals surface area contributed by atoms with E-state index in [0.717, 1.165) is 53.4 Å². The molecule has 0 fully saturated rings. The average molecular weight is 505 g/mol. The topological polar surface area (TPSA) is 89.9 Å². The van der Waals surface area contributed by atoms with Crippen LogP contribution < -0.4 is 0 Å². The second-order valence-electron chi connectivity index (χ2n) is 5.60. The van der Waals surface area contributed by atoms with E-state index in [1.807, 2.05) is 0 Å². The van der Waals surface area contributed by atoms with Gasteiger partial charge in [-0.25, -0.2) is 0 Å². The van der Waals surface area contributed by atoms with Gasteiger partial charge in [0.1, 0.15) is 0 Å². The zero-order chi connectivity index (χ0) is 17.6. The normalized spacial score (nSPS) is 12.0. The van der Waals surface area contributed by atoms with Gasteiger partial charge < -0.3 is 0 Å². The van der Waals surface area contributed by atoms with E-state index in [-0.39, 0.29) is 0 Å². The first-order chi connectivity index (χ1) is 12.1. The average Bonchev–Trinajstić information content (AvgIpc) is 2.54. The van der Waals surface area contributed by atoms with Crippen LogP contribution in [0.4, 0.5) is 0 Å². The molecule has 3 aromatic heterocycles. The number of pyridine rings is 3. The van der Waals surface area contributed by atoms with E-state index in [0.29, 0.717) is 0 Å². The van der Waals surface area contributed by atoms with Crippen LogP contribution in [0.15, 0.2) is 54.6 Å². The summed E-state index contributed by atoms with van der Waals surface area (Å²) in [4.78, 5) is 14.2. The van der Waals surface area contributed by atoms with Crippen molar-refractivity contribution in [2.24, 2.45) is 0 Å². The van der Waals surface area contributed by atoms with Crippen molar-refractivity contribution in [1.82, 2.24) is 15.0 Å². The number of nitrogens with zero attached hydrogens (tertiary/aromatic N) is 3. The van der Waals surface area contributed by atoms with Gasteiger partial charge in [0.25, 0.3) is 0 Å². The minimum atomic E-state index is -4.28. The van der Waals surface area contributed by atoms with Crippen LogP contribution >= 0.6 is 0 Å². The molecule has 0 saturated heterocycles. The van der Waals surface area contributed by atoms with Gasteiger partial charge in [-0.05, 0) is 36.4 Å². The fraction of sp³-hybridized carbons (Fsp3) is 0.167. The first-order valence-electron chi connectivity index (χ1n) is 7.70. The number of hydrogen-bond acceptors (Lipinski definition) is 6. The van der Waals surface area contributed by atoms with Crippen LogP contribution in [-0.2, 0) is 46.7 Å². The molecule has 0 radical (unpaired) electrons. The van der Waals surface area contributed by atoms with E-state index in [2.05, 4.69) is 54.6 Å². The monoisotopic (exact) mass is 505 g/mol. The fourth-order valence-corrected chi connectivity index (χ4v) is 2.74. The summed E-state index contributed by atoms with van der Waals surface area (Å²) >= 11 is -4.28. The Balaban J connectivity index is 0.000000415. The van der Waals surface area contributed by atoms with Crippen molar-refractivity contribution < 1.29 is 27.4 Å².